The van der Waals surface area contributed by atoms with Crippen molar-refractivity contribution in [3.8, 4) is 11.5 Å². The van der Waals surface area contributed by atoms with Gasteiger partial charge in [0.15, 0.2) is 23.6 Å². The van der Waals surface area contributed by atoms with Crippen molar-refractivity contribution < 1.29 is 47.9 Å². The zero-order valence-electron chi connectivity index (χ0n) is 34.0. The van der Waals surface area contributed by atoms with Crippen LogP contribution in [0.25, 0.3) is 0 Å². The number of ketones is 1. The Morgan fingerprint density at radius 1 is 1.05 bits per heavy atom. The van der Waals surface area contributed by atoms with Crippen LogP contribution in [-0.4, -0.2) is 97.5 Å². The minimum Gasteiger partial charge on any atom is -0.493 e. The third-order valence-electron chi connectivity index (χ3n) is 12.4. The molecule has 2 aliphatic carbocycles. The number of carbonyl (C=O) groups excluding carboxylic acids is 3. The molecule has 8 unspecified atom stereocenters. The van der Waals surface area contributed by atoms with E-state index in [0.29, 0.717) is 48.4 Å². The Morgan fingerprint density at radius 3 is 2.49 bits per heavy atom. The monoisotopic (exact) mass is 786 g/mol. The lowest BCUT2D eigenvalue weighted by atomic mass is 9.62. The molecule has 2 saturated heterocycles. The van der Waals surface area contributed by atoms with Crippen molar-refractivity contribution in [1.29, 1.82) is 0 Å². The van der Waals surface area contributed by atoms with Gasteiger partial charge in [-0.2, -0.15) is 0 Å². The van der Waals surface area contributed by atoms with Crippen molar-refractivity contribution in [3.63, 3.8) is 0 Å². The lowest BCUT2D eigenvalue weighted by molar-refractivity contribution is -0.206. The molecule has 0 aromatic heterocycles. The van der Waals surface area contributed by atoms with Crippen molar-refractivity contribution in [2.24, 2.45) is 23.5 Å². The Bertz CT molecular complexity index is 1880. The number of methoxy groups -OCH3 is 2. The predicted octanol–water partition coefficient (Wildman–Crippen LogP) is 5.89. The first-order valence-electron chi connectivity index (χ1n) is 20.0. The summed E-state index contributed by atoms with van der Waals surface area (Å²) in [6.07, 6.45) is 4.32. The van der Waals surface area contributed by atoms with E-state index in [1.54, 1.807) is 37.1 Å². The van der Waals surface area contributed by atoms with Crippen LogP contribution < -0.4 is 15.2 Å². The van der Waals surface area contributed by atoms with Crippen LogP contribution in [0.1, 0.15) is 64.5 Å². The van der Waals surface area contributed by atoms with Gasteiger partial charge in [-0.1, -0.05) is 67.6 Å². The number of nitrogens with two attached hydrogens (primary N) is 1. The number of fused-ring (bicyclic) bond motifs is 3. The summed E-state index contributed by atoms with van der Waals surface area (Å²) < 4.78 is 37.2. The molecular formula is C45H58N2O10. The second kappa shape index (κ2) is 17.7. The molecule has 2 aromatic rings. The van der Waals surface area contributed by atoms with Gasteiger partial charge in [0.05, 0.1) is 31.3 Å². The topological polar surface area (TPSA) is 156 Å². The van der Waals surface area contributed by atoms with Crippen molar-refractivity contribution in [2.45, 2.75) is 102 Å². The smallest absolute Gasteiger partial charge is 0.415 e. The Morgan fingerprint density at radius 2 is 1.81 bits per heavy atom. The zero-order valence-corrected chi connectivity index (χ0v) is 34.0. The highest BCUT2D eigenvalue weighted by Gasteiger charge is 2.64. The number of benzene rings is 2. The second-order valence-electron chi connectivity index (χ2n) is 16.1. The summed E-state index contributed by atoms with van der Waals surface area (Å²) in [7, 11) is 3.09. The number of hydrogen-bond donors (Lipinski definition) is 2. The average molecular weight is 787 g/mol. The Balaban J connectivity index is 1.26. The highest BCUT2D eigenvalue weighted by Crippen LogP contribution is 2.55. The van der Waals surface area contributed by atoms with E-state index < -0.39 is 47.5 Å². The average Bonchev–Trinajstić information content (AvgIpc) is 3.74. The number of nitrogens with zero attached hydrogens (tertiary/aromatic N) is 1. The summed E-state index contributed by atoms with van der Waals surface area (Å²) in [5, 5.41) is 12.5. The van der Waals surface area contributed by atoms with Crippen molar-refractivity contribution in [2.75, 3.05) is 33.9 Å². The summed E-state index contributed by atoms with van der Waals surface area (Å²) in [4.78, 5) is 41.9. The molecule has 0 spiro atoms. The number of carbonyl (C=O) groups is 3. The second-order valence-corrected chi connectivity index (χ2v) is 16.1. The van der Waals surface area contributed by atoms with E-state index in [9.17, 15) is 19.5 Å². The molecular weight excluding hydrogens is 728 g/mol. The fraction of sp³-hybridized carbons (Fsp3) is 0.533. The summed E-state index contributed by atoms with van der Waals surface area (Å²) in [6, 6.07) is 14.8. The van der Waals surface area contributed by atoms with E-state index in [1.165, 1.54) is 7.11 Å². The number of aliphatic hydroxyl groups is 1. The van der Waals surface area contributed by atoms with E-state index >= 15 is 0 Å². The Labute approximate surface area is 335 Å². The van der Waals surface area contributed by atoms with Gasteiger partial charge in [0.1, 0.15) is 12.2 Å². The van der Waals surface area contributed by atoms with Crippen LogP contribution >= 0.6 is 0 Å². The van der Waals surface area contributed by atoms with E-state index in [4.69, 9.17) is 34.2 Å². The molecule has 9 atom stereocenters. The number of esters is 1. The van der Waals surface area contributed by atoms with Crippen molar-refractivity contribution in [3.05, 3.63) is 95.1 Å². The maximum Gasteiger partial charge on any atom is 0.415 e. The Hall–Kier alpha value is -4.33. The zero-order chi connectivity index (χ0) is 41.1. The highest BCUT2D eigenvalue weighted by molar-refractivity contribution is 6.04. The van der Waals surface area contributed by atoms with Gasteiger partial charge < -0.3 is 44.2 Å². The van der Waals surface area contributed by atoms with E-state index in [0.717, 1.165) is 24.0 Å². The predicted molar refractivity (Wildman–Crippen MR) is 214 cm³/mol. The fourth-order valence-corrected chi connectivity index (χ4v) is 9.43. The lowest BCUT2D eigenvalue weighted by Crippen LogP contribution is -2.61. The molecule has 2 aromatic carbocycles. The van der Waals surface area contributed by atoms with Gasteiger partial charge >= 0.3 is 12.1 Å². The number of amides is 1. The van der Waals surface area contributed by atoms with Crippen LogP contribution in [0.5, 0.6) is 11.5 Å². The normalized spacial score (nSPS) is 31.4. The van der Waals surface area contributed by atoms with Gasteiger partial charge in [0.25, 0.3) is 0 Å². The minimum absolute atomic E-state index is 0.0531. The summed E-state index contributed by atoms with van der Waals surface area (Å²) in [5.41, 5.74) is 6.37. The van der Waals surface area contributed by atoms with E-state index in [1.807, 2.05) is 56.3 Å². The molecule has 3 N–H and O–H groups in total. The third-order valence-corrected chi connectivity index (χ3v) is 12.4. The number of likely N-dealkylation sites (tertiary alicyclic amines) is 1. The third kappa shape index (κ3) is 8.61. The van der Waals surface area contributed by atoms with Crippen LogP contribution in [0.15, 0.2) is 84.0 Å². The molecule has 2 fully saturated rings. The van der Waals surface area contributed by atoms with Gasteiger partial charge in [0, 0.05) is 50.9 Å². The number of hydrogen-bond acceptors (Lipinski definition) is 11. The number of Topliss-reactive ketones (excluding diaryl/α,β-unsaturated/α-hetero) is 1. The molecule has 2 aliphatic heterocycles. The summed E-state index contributed by atoms with van der Waals surface area (Å²) in [5.74, 6) is -1.87. The van der Waals surface area contributed by atoms with Crippen LogP contribution in [0.2, 0.25) is 0 Å². The Kier molecular flexibility index (Phi) is 13.1. The first kappa shape index (κ1) is 42.3. The van der Waals surface area contributed by atoms with Crippen molar-refractivity contribution in [1.82, 2.24) is 4.90 Å². The maximum absolute atomic E-state index is 13.9. The van der Waals surface area contributed by atoms with Crippen LogP contribution in [0, 0.1) is 17.8 Å². The fourth-order valence-electron chi connectivity index (χ4n) is 9.43. The van der Waals surface area contributed by atoms with E-state index in [-0.39, 0.29) is 49.0 Å². The number of ether oxygens (including phenoxy) is 6. The van der Waals surface area contributed by atoms with Crippen molar-refractivity contribution >= 4 is 17.8 Å². The quantitative estimate of drug-likeness (QED) is 0.207. The molecule has 0 bridgehead atoms. The van der Waals surface area contributed by atoms with E-state index in [2.05, 4.69) is 13.5 Å². The molecule has 12 heteroatoms. The molecule has 2 heterocycles. The minimum atomic E-state index is -1.85. The van der Waals surface area contributed by atoms with Gasteiger partial charge in [-0.3, -0.25) is 9.59 Å². The van der Waals surface area contributed by atoms with Gasteiger partial charge in [-0.05, 0) is 80.4 Å². The SMILES string of the molecule is C=C(C)C1C[C@@H](C)C2(OC)C(C=C(COC(=O)Cc3ccc(OC(=O)N4CCCC4CN)c(OC)c3)CC3(O)C(=O)C(C)=CC32)C(C)OC(Cc2ccccc2)O1. The number of rotatable bonds is 11. The molecule has 0 radical (unpaired) electrons. The molecule has 6 rings (SSSR count). The molecule has 0 saturated carbocycles. The van der Waals surface area contributed by atoms with Crippen LogP contribution in [0.3, 0.4) is 0 Å². The molecule has 57 heavy (non-hydrogen) atoms. The van der Waals surface area contributed by atoms with Gasteiger partial charge in [0.2, 0.25) is 0 Å². The van der Waals surface area contributed by atoms with Crippen LogP contribution in [0.4, 0.5) is 4.79 Å². The molecule has 4 aliphatic rings. The summed E-state index contributed by atoms with van der Waals surface area (Å²) >= 11 is 0. The molecule has 1 amide bonds. The largest absolute Gasteiger partial charge is 0.493 e. The van der Waals surface area contributed by atoms with Crippen LogP contribution in [-0.2, 0) is 41.4 Å². The molecule has 12 nitrogen and oxygen atoms in total. The van der Waals surface area contributed by atoms with Gasteiger partial charge in [-0.25, -0.2) is 4.79 Å². The first-order valence-corrected chi connectivity index (χ1v) is 20.0. The lowest BCUT2D eigenvalue weighted by Gasteiger charge is -2.50. The molecule has 308 valence electrons. The maximum atomic E-state index is 13.9. The first-order chi connectivity index (χ1) is 27.2. The summed E-state index contributed by atoms with van der Waals surface area (Å²) in [6.45, 7) is 12.7. The standard InChI is InChI=1S/C45H58N2O10/c1-27(2)37-19-29(4)45(53-7)35(30(5)55-41(56-37)23-31-12-9-8-10-13-31)20-33(24-44(51)39(45)18-28(3)42(44)49)26-54-40(48)22-32-15-16-36(38(21-32)52-6)57-43(50)47-17-11-14-34(47)25-46/h8-10,12-13,15-16,18,20-21,29-30,34-35,37,39,41,51H,1,11,14,17,19,22-26,46H2,2-7H3/t29-,30?,34?,35?,37?,39?,41?,44?,45?/m1/s1. The highest BCUT2D eigenvalue weighted by atomic mass is 16.7. The van der Waals surface area contributed by atoms with Gasteiger partial charge in [-0.15, -0.1) is 0 Å².